The molecule has 1 spiro atoms. The first-order chi connectivity index (χ1) is 17.3. The van der Waals surface area contributed by atoms with Crippen LogP contribution < -0.4 is 19.9 Å². The van der Waals surface area contributed by atoms with Crippen molar-refractivity contribution in [1.29, 1.82) is 0 Å². The van der Waals surface area contributed by atoms with Gasteiger partial charge in [0.1, 0.15) is 5.75 Å². The maximum Gasteiger partial charge on any atom is 0.335 e. The molecule has 180 valence electrons. The van der Waals surface area contributed by atoms with Crippen LogP contribution in [0.2, 0.25) is 0 Å². The number of hydrogen-bond donors (Lipinski definition) is 1. The summed E-state index contributed by atoms with van der Waals surface area (Å²) in [5.74, 6) is -0.847. The predicted molar refractivity (Wildman–Crippen MR) is 129 cm³/mol. The number of non-ortho nitro benzene ring substituents is 1. The molecule has 1 N–H and O–H groups in total. The smallest absolute Gasteiger partial charge is 0.335 e. The summed E-state index contributed by atoms with van der Waals surface area (Å²) in [6.07, 6.45) is -0.0931. The van der Waals surface area contributed by atoms with Crippen molar-refractivity contribution in [3.8, 4) is 5.75 Å². The van der Waals surface area contributed by atoms with Gasteiger partial charge in [0.2, 0.25) is 5.91 Å². The SMILES string of the molecule is COc1ccc(N2C(=O)NC(=O)[C@]3(Cc4cc([N+](=O)[O-])ccc4N4Cc5ccccc5[C@@H]43)C2=O)cc1. The Morgan fingerprint density at radius 3 is 2.50 bits per heavy atom. The normalized spacial score (nSPS) is 22.1. The van der Waals surface area contributed by atoms with E-state index in [1.54, 1.807) is 30.3 Å². The molecular weight excluding hydrogens is 464 g/mol. The highest BCUT2D eigenvalue weighted by atomic mass is 16.6. The Labute approximate surface area is 205 Å². The molecule has 6 rings (SSSR count). The van der Waals surface area contributed by atoms with Crippen molar-refractivity contribution >= 4 is 34.9 Å². The molecule has 2 atom stereocenters. The fraction of sp³-hybridized carbons (Fsp3) is 0.192. The summed E-state index contributed by atoms with van der Waals surface area (Å²) in [6, 6.07) is 16.9. The van der Waals surface area contributed by atoms with Crippen molar-refractivity contribution < 1.29 is 24.0 Å². The fourth-order valence-electron chi connectivity index (χ4n) is 5.66. The van der Waals surface area contributed by atoms with Crippen LogP contribution >= 0.6 is 0 Å². The quantitative estimate of drug-likeness (QED) is 0.343. The van der Waals surface area contributed by atoms with Crippen LogP contribution in [0.15, 0.2) is 66.7 Å². The van der Waals surface area contributed by atoms with E-state index in [2.05, 4.69) is 5.32 Å². The van der Waals surface area contributed by atoms with Gasteiger partial charge in [-0.15, -0.1) is 0 Å². The van der Waals surface area contributed by atoms with Crippen molar-refractivity contribution in [2.45, 2.75) is 19.0 Å². The van der Waals surface area contributed by atoms with Crippen molar-refractivity contribution in [2.24, 2.45) is 5.41 Å². The minimum absolute atomic E-state index is 0.0931. The van der Waals surface area contributed by atoms with Crippen LogP contribution in [0.1, 0.15) is 22.7 Å². The molecule has 4 amide bonds. The zero-order valence-corrected chi connectivity index (χ0v) is 19.1. The second-order valence-corrected chi connectivity index (χ2v) is 9.05. The molecule has 3 aromatic rings. The number of imide groups is 2. The topological polar surface area (TPSA) is 122 Å². The highest BCUT2D eigenvalue weighted by molar-refractivity contribution is 6.30. The molecule has 0 bridgehead atoms. The molecule has 36 heavy (non-hydrogen) atoms. The van der Waals surface area contributed by atoms with E-state index < -0.39 is 34.2 Å². The lowest BCUT2D eigenvalue weighted by Gasteiger charge is -2.49. The summed E-state index contributed by atoms with van der Waals surface area (Å²) >= 11 is 0. The lowest BCUT2D eigenvalue weighted by atomic mass is 9.67. The molecular formula is C26H20N4O6. The monoisotopic (exact) mass is 484 g/mol. The van der Waals surface area contributed by atoms with E-state index in [1.165, 1.54) is 19.2 Å². The standard InChI is InChI=1S/C26H20N4O6/c1-36-19-9-6-17(7-10-19)29-24(32)26(23(31)27-25(29)33)13-16-12-18(30(34)35)8-11-21(16)28-14-15-4-2-3-5-20(15)22(26)28/h2-12,22H,13-14H2,1H3,(H,27,31,33)/t22-,26-/m1/s1. The zero-order chi connectivity index (χ0) is 25.2. The number of nitro groups is 1. The number of nitrogens with one attached hydrogen (secondary N) is 1. The molecule has 1 saturated heterocycles. The van der Waals surface area contributed by atoms with E-state index >= 15 is 0 Å². The highest BCUT2D eigenvalue weighted by Crippen LogP contribution is 2.56. The molecule has 1 fully saturated rings. The molecule has 10 nitrogen and oxygen atoms in total. The van der Waals surface area contributed by atoms with Crippen LogP contribution in [0.5, 0.6) is 5.75 Å². The number of hydrogen-bond acceptors (Lipinski definition) is 7. The molecule has 0 aliphatic carbocycles. The minimum atomic E-state index is -1.72. The van der Waals surface area contributed by atoms with Crippen molar-refractivity contribution in [3.05, 3.63) is 93.5 Å². The Morgan fingerprint density at radius 2 is 1.78 bits per heavy atom. The van der Waals surface area contributed by atoms with Crippen LogP contribution in [-0.4, -0.2) is 29.9 Å². The average molecular weight is 484 g/mol. The molecule has 0 saturated carbocycles. The number of ether oxygens (including phenoxy) is 1. The molecule has 3 aromatic carbocycles. The van der Waals surface area contributed by atoms with Crippen LogP contribution in [0.4, 0.5) is 21.9 Å². The van der Waals surface area contributed by atoms with Crippen molar-refractivity contribution in [2.75, 3.05) is 16.9 Å². The number of barbiturate groups is 1. The first-order valence-electron chi connectivity index (χ1n) is 11.3. The largest absolute Gasteiger partial charge is 0.497 e. The van der Waals surface area contributed by atoms with Gasteiger partial charge in [-0.05, 0) is 47.0 Å². The van der Waals surface area contributed by atoms with Gasteiger partial charge in [-0.2, -0.15) is 0 Å². The molecule has 10 heteroatoms. The number of nitro benzene ring substituents is 1. The molecule has 0 unspecified atom stereocenters. The third-order valence-electron chi connectivity index (χ3n) is 7.27. The number of methoxy groups -OCH3 is 1. The number of benzene rings is 3. The Hall–Kier alpha value is -4.73. The second-order valence-electron chi connectivity index (χ2n) is 9.05. The lowest BCUT2D eigenvalue weighted by Crippen LogP contribution is -2.69. The van der Waals surface area contributed by atoms with Crippen LogP contribution in [0, 0.1) is 15.5 Å². The number of nitrogens with zero attached hydrogens (tertiary/aromatic N) is 3. The molecule has 3 heterocycles. The summed E-state index contributed by atoms with van der Waals surface area (Å²) in [5.41, 5.74) is 1.42. The number of carbonyl (C=O) groups is 3. The number of carbonyl (C=O) groups excluding carboxylic acids is 3. The molecule has 3 aliphatic rings. The zero-order valence-electron chi connectivity index (χ0n) is 19.1. The van der Waals surface area contributed by atoms with Gasteiger partial charge in [-0.25, -0.2) is 9.69 Å². The summed E-state index contributed by atoms with van der Waals surface area (Å²) < 4.78 is 5.18. The third kappa shape index (κ3) is 2.87. The number of anilines is 2. The molecule has 0 aromatic heterocycles. The van der Waals surface area contributed by atoms with E-state index in [0.29, 0.717) is 17.9 Å². The first-order valence-corrected chi connectivity index (χ1v) is 11.3. The number of rotatable bonds is 3. The van der Waals surface area contributed by atoms with Crippen LogP contribution in [0.25, 0.3) is 0 Å². The lowest BCUT2D eigenvalue weighted by molar-refractivity contribution is -0.384. The minimum Gasteiger partial charge on any atom is -0.497 e. The van der Waals surface area contributed by atoms with E-state index in [0.717, 1.165) is 21.7 Å². The Bertz CT molecular complexity index is 1470. The van der Waals surface area contributed by atoms with Gasteiger partial charge in [-0.1, -0.05) is 24.3 Å². The van der Waals surface area contributed by atoms with Gasteiger partial charge in [0.25, 0.3) is 11.6 Å². The third-order valence-corrected chi connectivity index (χ3v) is 7.27. The van der Waals surface area contributed by atoms with Gasteiger partial charge in [-0.3, -0.25) is 25.0 Å². The Balaban J connectivity index is 1.56. The van der Waals surface area contributed by atoms with Crippen molar-refractivity contribution in [1.82, 2.24) is 5.32 Å². The molecule has 0 radical (unpaired) electrons. The van der Waals surface area contributed by atoms with E-state index in [4.69, 9.17) is 4.74 Å². The van der Waals surface area contributed by atoms with Gasteiger partial charge < -0.3 is 9.64 Å². The maximum atomic E-state index is 14.3. The number of fused-ring (bicyclic) bond motifs is 6. The summed E-state index contributed by atoms with van der Waals surface area (Å²) in [4.78, 5) is 54.9. The Kier molecular flexibility index (Phi) is 4.62. The second kappa shape index (κ2) is 7.64. The first kappa shape index (κ1) is 21.8. The van der Waals surface area contributed by atoms with Gasteiger partial charge in [0.15, 0.2) is 5.41 Å². The maximum absolute atomic E-state index is 14.3. The fourth-order valence-corrected chi connectivity index (χ4v) is 5.66. The average Bonchev–Trinajstić information content (AvgIpc) is 3.28. The number of amides is 4. The summed E-state index contributed by atoms with van der Waals surface area (Å²) in [6.45, 7) is 0.421. The van der Waals surface area contributed by atoms with Gasteiger partial charge in [0.05, 0.1) is 23.8 Å². The highest BCUT2D eigenvalue weighted by Gasteiger charge is 2.64. The van der Waals surface area contributed by atoms with Crippen LogP contribution in [0.3, 0.4) is 0 Å². The van der Waals surface area contributed by atoms with E-state index in [-0.39, 0.29) is 17.8 Å². The summed E-state index contributed by atoms with van der Waals surface area (Å²) in [7, 11) is 1.51. The predicted octanol–water partition coefficient (Wildman–Crippen LogP) is 3.49. The van der Waals surface area contributed by atoms with Crippen molar-refractivity contribution in [3.63, 3.8) is 0 Å². The van der Waals surface area contributed by atoms with E-state index in [9.17, 15) is 24.5 Å². The van der Waals surface area contributed by atoms with E-state index in [1.807, 2.05) is 29.2 Å². The van der Waals surface area contributed by atoms with Crippen LogP contribution in [-0.2, 0) is 22.6 Å². The Morgan fingerprint density at radius 1 is 1.03 bits per heavy atom. The number of urea groups is 1. The van der Waals surface area contributed by atoms with Gasteiger partial charge in [0, 0.05) is 30.8 Å². The molecule has 3 aliphatic heterocycles. The van der Waals surface area contributed by atoms with Gasteiger partial charge >= 0.3 is 6.03 Å². The summed E-state index contributed by atoms with van der Waals surface area (Å²) in [5, 5.41) is 13.9.